The van der Waals surface area contributed by atoms with Crippen LogP contribution in [0, 0.1) is 11.3 Å². The molecule has 1 aliphatic rings. The summed E-state index contributed by atoms with van der Waals surface area (Å²) in [6.45, 7) is 0. The molecule has 0 saturated carbocycles. The Hall–Kier alpha value is -2.41. The quantitative estimate of drug-likeness (QED) is 0.648. The zero-order valence-corrected chi connectivity index (χ0v) is 17.6. The highest BCUT2D eigenvalue weighted by atomic mass is 79.9. The van der Waals surface area contributed by atoms with Gasteiger partial charge < -0.3 is 0 Å². The molecule has 0 amide bonds. The Kier molecular flexibility index (Phi) is 4.45. The first-order chi connectivity index (χ1) is 13.2. The number of nitrogens with zero attached hydrogens (tertiary/aromatic N) is 3. The number of nitrogens with one attached hydrogen (secondary N) is 1. The van der Waals surface area contributed by atoms with E-state index in [2.05, 4.69) is 26.7 Å². The number of aromatic nitrogens is 2. The Morgan fingerprint density at radius 2 is 1.86 bits per heavy atom. The molecule has 0 aliphatic heterocycles. The Labute approximate surface area is 170 Å². The smallest absolute Gasteiger partial charge is 0.295 e. The summed E-state index contributed by atoms with van der Waals surface area (Å²) in [5, 5.41) is 9.04. The van der Waals surface area contributed by atoms with Gasteiger partial charge in [-0.1, -0.05) is 6.07 Å². The summed E-state index contributed by atoms with van der Waals surface area (Å²) in [6, 6.07) is 10.2. The molecular weight excluding hydrogens is 444 g/mol. The number of hydrogen-bond acceptors (Lipinski definition) is 4. The van der Waals surface area contributed by atoms with Gasteiger partial charge in [0, 0.05) is 24.6 Å². The predicted molar refractivity (Wildman–Crippen MR) is 108 cm³/mol. The molecule has 4 rings (SSSR count). The van der Waals surface area contributed by atoms with Crippen molar-refractivity contribution in [3.8, 4) is 6.07 Å². The van der Waals surface area contributed by atoms with Gasteiger partial charge in [-0.3, -0.25) is 9.13 Å². The second kappa shape index (κ2) is 6.58. The van der Waals surface area contributed by atoms with Gasteiger partial charge in [0.15, 0.2) is 0 Å². The maximum absolute atomic E-state index is 13.1. The largest absolute Gasteiger partial charge is 0.328 e. The Morgan fingerprint density at radius 3 is 2.54 bits per heavy atom. The fourth-order valence-electron chi connectivity index (χ4n) is 3.77. The molecule has 1 aliphatic carbocycles. The molecule has 3 aromatic rings. The van der Waals surface area contributed by atoms with Crippen LogP contribution in [0.3, 0.4) is 0 Å². The molecule has 1 N–H and O–H groups in total. The van der Waals surface area contributed by atoms with E-state index in [9.17, 15) is 13.2 Å². The average Bonchev–Trinajstić information content (AvgIpc) is 3.15. The highest BCUT2D eigenvalue weighted by Crippen LogP contribution is 2.34. The first kappa shape index (κ1) is 18.9. The highest BCUT2D eigenvalue weighted by Gasteiger charge is 2.29. The molecule has 2 aromatic carbocycles. The predicted octanol–water partition coefficient (Wildman–Crippen LogP) is 2.48. The number of aryl methyl sites for hydroxylation is 3. The number of benzene rings is 2. The van der Waals surface area contributed by atoms with Gasteiger partial charge in [0.05, 0.1) is 27.6 Å². The van der Waals surface area contributed by atoms with Gasteiger partial charge in [-0.05, 0) is 64.2 Å². The zero-order chi connectivity index (χ0) is 20.2. The van der Waals surface area contributed by atoms with Gasteiger partial charge >= 0.3 is 5.69 Å². The summed E-state index contributed by atoms with van der Waals surface area (Å²) in [5.41, 5.74) is 3.43. The van der Waals surface area contributed by atoms with Crippen molar-refractivity contribution >= 4 is 37.0 Å². The maximum Gasteiger partial charge on any atom is 0.328 e. The van der Waals surface area contributed by atoms with E-state index in [1.54, 1.807) is 26.2 Å². The number of sulfonamides is 1. The van der Waals surface area contributed by atoms with Crippen molar-refractivity contribution in [3.63, 3.8) is 0 Å². The molecule has 0 spiro atoms. The summed E-state index contributed by atoms with van der Waals surface area (Å²) in [4.78, 5) is 12.2. The van der Waals surface area contributed by atoms with Crippen molar-refractivity contribution in [2.75, 3.05) is 0 Å². The van der Waals surface area contributed by atoms with Gasteiger partial charge in [-0.25, -0.2) is 17.9 Å². The molecule has 1 unspecified atom stereocenters. The van der Waals surface area contributed by atoms with Gasteiger partial charge in [0.1, 0.15) is 0 Å². The van der Waals surface area contributed by atoms with E-state index >= 15 is 0 Å². The fourth-order valence-corrected chi connectivity index (χ4v) is 6.07. The van der Waals surface area contributed by atoms with Crippen LogP contribution in [0.15, 0.2) is 44.5 Å². The summed E-state index contributed by atoms with van der Waals surface area (Å²) in [7, 11) is -0.570. The molecule has 0 radical (unpaired) electrons. The third-order valence-corrected chi connectivity index (χ3v) is 7.69. The molecule has 0 fully saturated rings. The molecular formula is C19H17BrN4O3S. The van der Waals surface area contributed by atoms with Crippen LogP contribution in [0.1, 0.15) is 29.2 Å². The summed E-state index contributed by atoms with van der Waals surface area (Å²) < 4.78 is 32.3. The molecule has 0 bridgehead atoms. The van der Waals surface area contributed by atoms with Crippen molar-refractivity contribution in [1.82, 2.24) is 13.9 Å². The third-order valence-electron chi connectivity index (χ3n) is 5.26. The van der Waals surface area contributed by atoms with Gasteiger partial charge in [-0.15, -0.1) is 0 Å². The number of imidazole rings is 1. The summed E-state index contributed by atoms with van der Waals surface area (Å²) in [6.07, 6.45) is 1.35. The van der Waals surface area contributed by atoms with Crippen LogP contribution >= 0.6 is 15.9 Å². The summed E-state index contributed by atoms with van der Waals surface area (Å²) in [5.74, 6) is 0. The van der Waals surface area contributed by atoms with E-state index in [1.807, 2.05) is 12.1 Å². The molecule has 28 heavy (non-hydrogen) atoms. The zero-order valence-electron chi connectivity index (χ0n) is 15.2. The minimum atomic E-state index is -3.83. The lowest BCUT2D eigenvalue weighted by Gasteiger charge is -2.16. The van der Waals surface area contributed by atoms with E-state index in [1.165, 1.54) is 15.2 Å². The lowest BCUT2D eigenvalue weighted by molar-refractivity contribution is 0.554. The summed E-state index contributed by atoms with van der Waals surface area (Å²) >= 11 is 3.34. The average molecular weight is 461 g/mol. The minimum absolute atomic E-state index is 0.0864. The van der Waals surface area contributed by atoms with Crippen LogP contribution in [0.2, 0.25) is 0 Å². The Balaban J connectivity index is 1.75. The first-order valence-corrected chi connectivity index (χ1v) is 10.9. The van der Waals surface area contributed by atoms with Gasteiger partial charge in [0.25, 0.3) is 0 Å². The second-order valence-electron chi connectivity index (χ2n) is 6.91. The van der Waals surface area contributed by atoms with E-state index < -0.39 is 10.0 Å². The van der Waals surface area contributed by atoms with Gasteiger partial charge in [-0.2, -0.15) is 5.26 Å². The van der Waals surface area contributed by atoms with Gasteiger partial charge in [0.2, 0.25) is 10.0 Å². The van der Waals surface area contributed by atoms with Crippen LogP contribution in [-0.2, 0) is 30.5 Å². The molecule has 1 aromatic heterocycles. The SMILES string of the molecule is Cn1c(=O)n(C)c2cc(S(=O)(=O)NC3CCc4cc(C#N)ccc43)c(Br)cc21. The maximum atomic E-state index is 13.1. The molecule has 0 saturated heterocycles. The minimum Gasteiger partial charge on any atom is -0.295 e. The first-order valence-electron chi connectivity index (χ1n) is 8.63. The van der Waals surface area contributed by atoms with Crippen LogP contribution in [0.25, 0.3) is 11.0 Å². The third kappa shape index (κ3) is 2.89. The molecule has 9 heteroatoms. The fraction of sp³-hybridized carbons (Fsp3) is 0.263. The highest BCUT2D eigenvalue weighted by molar-refractivity contribution is 9.10. The van der Waals surface area contributed by atoms with Crippen LogP contribution < -0.4 is 10.4 Å². The molecule has 7 nitrogen and oxygen atoms in total. The number of rotatable bonds is 3. The molecule has 1 heterocycles. The van der Waals surface area contributed by atoms with E-state index in [4.69, 9.17) is 5.26 Å². The topological polar surface area (TPSA) is 96.9 Å². The number of fused-ring (bicyclic) bond motifs is 2. The van der Waals surface area contributed by atoms with Crippen LogP contribution in [0.5, 0.6) is 0 Å². The van der Waals surface area contributed by atoms with Crippen molar-refractivity contribution in [2.45, 2.75) is 23.8 Å². The Bertz CT molecular complexity index is 1330. The lowest BCUT2D eigenvalue weighted by atomic mass is 10.1. The van der Waals surface area contributed by atoms with Crippen molar-refractivity contribution in [1.29, 1.82) is 5.26 Å². The van der Waals surface area contributed by atoms with E-state index in [0.29, 0.717) is 33.9 Å². The van der Waals surface area contributed by atoms with Crippen LogP contribution in [0.4, 0.5) is 0 Å². The van der Waals surface area contributed by atoms with Crippen molar-refractivity contribution in [2.24, 2.45) is 14.1 Å². The van der Waals surface area contributed by atoms with Crippen molar-refractivity contribution < 1.29 is 8.42 Å². The van der Waals surface area contributed by atoms with E-state index in [-0.39, 0.29) is 16.6 Å². The normalized spacial score (nSPS) is 16.3. The number of nitriles is 1. The second-order valence-corrected chi connectivity index (χ2v) is 9.45. The van der Waals surface area contributed by atoms with Crippen molar-refractivity contribution in [3.05, 3.63) is 62.0 Å². The monoisotopic (exact) mass is 460 g/mol. The molecule has 1 atom stereocenters. The Morgan fingerprint density at radius 1 is 1.18 bits per heavy atom. The number of hydrogen-bond donors (Lipinski definition) is 1. The van der Waals surface area contributed by atoms with E-state index in [0.717, 1.165) is 11.1 Å². The van der Waals surface area contributed by atoms with Crippen LogP contribution in [-0.4, -0.2) is 17.6 Å². The lowest BCUT2D eigenvalue weighted by Crippen LogP contribution is -2.27. The standard InChI is InChI=1S/C19H17BrN4O3S/c1-23-16-8-14(20)18(9-17(16)24(2)19(23)25)28(26,27)22-15-6-4-12-7-11(10-21)3-5-13(12)15/h3,5,7-9,15,22H,4,6H2,1-2H3. The number of halogens is 1. The molecule has 144 valence electrons.